The highest BCUT2D eigenvalue weighted by molar-refractivity contribution is 6.35. The average Bonchev–Trinajstić information content (AvgIpc) is 2.77. The molecule has 0 atom stereocenters. The van der Waals surface area contributed by atoms with Gasteiger partial charge in [0.05, 0.1) is 14.2 Å². The van der Waals surface area contributed by atoms with Gasteiger partial charge in [0.25, 0.3) is 0 Å². The standard InChI is InChI=1S/C26H36N2O4/c1-18(2)28(19(3)4)26(30)25(29)27-17-22(15-20-7-11-23(31-5)12-8-20)16-21-9-13-24(32-6)14-10-21/h7-14,18-19,22H,15-17H2,1-6H3,(H,27,29). The normalized spacial score (nSPS) is 11.0. The summed E-state index contributed by atoms with van der Waals surface area (Å²) < 4.78 is 10.5. The molecule has 0 radical (unpaired) electrons. The molecule has 0 aliphatic carbocycles. The van der Waals surface area contributed by atoms with Crippen LogP contribution >= 0.6 is 0 Å². The minimum atomic E-state index is -0.554. The van der Waals surface area contributed by atoms with Gasteiger partial charge in [-0.1, -0.05) is 24.3 Å². The zero-order chi connectivity index (χ0) is 23.7. The molecule has 0 unspecified atom stereocenters. The molecule has 6 heteroatoms. The fourth-order valence-corrected chi connectivity index (χ4v) is 3.90. The van der Waals surface area contributed by atoms with Crippen molar-refractivity contribution in [3.05, 3.63) is 59.7 Å². The molecule has 0 saturated carbocycles. The summed E-state index contributed by atoms with van der Waals surface area (Å²) in [6.07, 6.45) is 1.53. The van der Waals surface area contributed by atoms with E-state index >= 15 is 0 Å². The first-order chi connectivity index (χ1) is 15.2. The molecule has 2 aromatic carbocycles. The van der Waals surface area contributed by atoms with Gasteiger partial charge in [-0.15, -0.1) is 0 Å². The number of ether oxygens (including phenoxy) is 2. The van der Waals surface area contributed by atoms with Crippen LogP contribution in [0.25, 0.3) is 0 Å². The van der Waals surface area contributed by atoms with Crippen LogP contribution in [0.1, 0.15) is 38.8 Å². The van der Waals surface area contributed by atoms with Gasteiger partial charge >= 0.3 is 11.8 Å². The Morgan fingerprint density at radius 2 is 1.19 bits per heavy atom. The van der Waals surface area contributed by atoms with Crippen molar-refractivity contribution in [3.8, 4) is 11.5 Å². The second-order valence-electron chi connectivity index (χ2n) is 8.58. The van der Waals surface area contributed by atoms with Gasteiger partial charge in [-0.3, -0.25) is 9.59 Å². The van der Waals surface area contributed by atoms with Gasteiger partial charge in [0.1, 0.15) is 11.5 Å². The predicted molar refractivity (Wildman–Crippen MR) is 127 cm³/mol. The minimum absolute atomic E-state index is 0.0392. The Labute approximate surface area is 191 Å². The van der Waals surface area contributed by atoms with Crippen molar-refractivity contribution in [1.29, 1.82) is 0 Å². The Balaban J connectivity index is 2.11. The van der Waals surface area contributed by atoms with E-state index in [0.717, 1.165) is 35.5 Å². The zero-order valence-electron chi connectivity index (χ0n) is 20.1. The van der Waals surface area contributed by atoms with Gasteiger partial charge in [0.15, 0.2) is 0 Å². The number of carbonyl (C=O) groups excluding carboxylic acids is 2. The van der Waals surface area contributed by atoms with Crippen LogP contribution in [-0.2, 0) is 22.4 Å². The fraction of sp³-hybridized carbons (Fsp3) is 0.462. The Bertz CT molecular complexity index is 803. The molecule has 0 spiro atoms. The minimum Gasteiger partial charge on any atom is -0.497 e. The van der Waals surface area contributed by atoms with E-state index in [1.54, 1.807) is 19.1 Å². The van der Waals surface area contributed by atoms with Gasteiger partial charge in [-0.2, -0.15) is 0 Å². The first-order valence-corrected chi connectivity index (χ1v) is 11.1. The van der Waals surface area contributed by atoms with Crippen LogP contribution in [0, 0.1) is 5.92 Å². The summed E-state index contributed by atoms with van der Waals surface area (Å²) in [5.41, 5.74) is 2.30. The smallest absolute Gasteiger partial charge is 0.312 e. The Morgan fingerprint density at radius 1 is 0.781 bits per heavy atom. The number of rotatable bonds is 10. The highest BCUT2D eigenvalue weighted by atomic mass is 16.5. The highest BCUT2D eigenvalue weighted by Gasteiger charge is 2.26. The second kappa shape index (κ2) is 12.1. The van der Waals surface area contributed by atoms with Crippen LogP contribution < -0.4 is 14.8 Å². The first kappa shape index (κ1) is 25.2. The van der Waals surface area contributed by atoms with Crippen molar-refractivity contribution in [2.75, 3.05) is 20.8 Å². The van der Waals surface area contributed by atoms with E-state index in [1.165, 1.54) is 0 Å². The lowest BCUT2D eigenvalue weighted by molar-refractivity contribution is -0.148. The molecule has 2 rings (SSSR count). The molecule has 2 amide bonds. The van der Waals surface area contributed by atoms with E-state index in [1.807, 2.05) is 76.2 Å². The van der Waals surface area contributed by atoms with E-state index in [9.17, 15) is 9.59 Å². The molecular weight excluding hydrogens is 404 g/mol. The molecule has 0 aliphatic rings. The van der Waals surface area contributed by atoms with Gasteiger partial charge in [0, 0.05) is 18.6 Å². The predicted octanol–water partition coefficient (Wildman–Crippen LogP) is 3.87. The molecule has 0 aromatic heterocycles. The molecule has 32 heavy (non-hydrogen) atoms. The largest absolute Gasteiger partial charge is 0.497 e. The summed E-state index contributed by atoms with van der Waals surface area (Å²) in [6, 6.07) is 15.8. The lowest BCUT2D eigenvalue weighted by Gasteiger charge is -2.30. The molecular formula is C26H36N2O4. The third-order valence-electron chi connectivity index (χ3n) is 5.46. The maximum atomic E-state index is 12.7. The van der Waals surface area contributed by atoms with Crippen LogP contribution in [0.3, 0.4) is 0 Å². The summed E-state index contributed by atoms with van der Waals surface area (Å²) in [5.74, 6) is 0.702. The zero-order valence-corrected chi connectivity index (χ0v) is 20.1. The lowest BCUT2D eigenvalue weighted by Crippen LogP contribution is -2.50. The third-order valence-corrected chi connectivity index (χ3v) is 5.46. The van der Waals surface area contributed by atoms with Crippen molar-refractivity contribution in [3.63, 3.8) is 0 Å². The lowest BCUT2D eigenvalue weighted by atomic mass is 9.92. The number of methoxy groups -OCH3 is 2. The SMILES string of the molecule is COc1ccc(CC(CNC(=O)C(=O)N(C(C)C)C(C)C)Cc2ccc(OC)cc2)cc1. The van der Waals surface area contributed by atoms with E-state index < -0.39 is 11.8 Å². The maximum absolute atomic E-state index is 12.7. The summed E-state index contributed by atoms with van der Waals surface area (Å²) >= 11 is 0. The maximum Gasteiger partial charge on any atom is 0.312 e. The first-order valence-electron chi connectivity index (χ1n) is 11.1. The van der Waals surface area contributed by atoms with Crippen LogP contribution in [0.4, 0.5) is 0 Å². The topological polar surface area (TPSA) is 67.9 Å². The van der Waals surface area contributed by atoms with Gasteiger partial charge in [0.2, 0.25) is 0 Å². The molecule has 0 aliphatic heterocycles. The number of amides is 2. The van der Waals surface area contributed by atoms with Crippen LogP contribution in [-0.4, -0.2) is 49.6 Å². The molecule has 1 N–H and O–H groups in total. The molecule has 0 saturated heterocycles. The van der Waals surface area contributed by atoms with Crippen molar-refractivity contribution in [1.82, 2.24) is 10.2 Å². The highest BCUT2D eigenvalue weighted by Crippen LogP contribution is 2.19. The summed E-state index contributed by atoms with van der Waals surface area (Å²) in [5, 5.41) is 2.88. The number of hydrogen-bond acceptors (Lipinski definition) is 4. The van der Waals surface area contributed by atoms with E-state index in [4.69, 9.17) is 9.47 Å². The van der Waals surface area contributed by atoms with Gasteiger partial charge < -0.3 is 19.7 Å². The molecule has 0 heterocycles. The Hall–Kier alpha value is -3.02. The quantitative estimate of drug-likeness (QED) is 0.570. The third kappa shape index (κ3) is 7.29. The summed E-state index contributed by atoms with van der Waals surface area (Å²) in [4.78, 5) is 26.9. The van der Waals surface area contributed by atoms with Gasteiger partial charge in [-0.25, -0.2) is 0 Å². The van der Waals surface area contributed by atoms with Crippen molar-refractivity contribution < 1.29 is 19.1 Å². The number of benzene rings is 2. The molecule has 2 aromatic rings. The second-order valence-corrected chi connectivity index (χ2v) is 8.58. The molecule has 6 nitrogen and oxygen atoms in total. The monoisotopic (exact) mass is 440 g/mol. The molecule has 0 bridgehead atoms. The fourth-order valence-electron chi connectivity index (χ4n) is 3.90. The Kier molecular flexibility index (Phi) is 9.57. The van der Waals surface area contributed by atoms with E-state index in [2.05, 4.69) is 5.32 Å². The molecule has 174 valence electrons. The van der Waals surface area contributed by atoms with E-state index in [0.29, 0.717) is 6.54 Å². The van der Waals surface area contributed by atoms with Crippen LogP contribution in [0.5, 0.6) is 11.5 Å². The summed E-state index contributed by atoms with van der Waals surface area (Å²) in [7, 11) is 3.29. The number of carbonyl (C=O) groups is 2. The number of hydrogen-bond donors (Lipinski definition) is 1. The number of nitrogens with zero attached hydrogens (tertiary/aromatic N) is 1. The van der Waals surface area contributed by atoms with E-state index in [-0.39, 0.29) is 18.0 Å². The van der Waals surface area contributed by atoms with Crippen molar-refractivity contribution >= 4 is 11.8 Å². The van der Waals surface area contributed by atoms with Crippen molar-refractivity contribution in [2.24, 2.45) is 5.92 Å². The van der Waals surface area contributed by atoms with Crippen LogP contribution in [0.2, 0.25) is 0 Å². The number of nitrogens with one attached hydrogen (secondary N) is 1. The van der Waals surface area contributed by atoms with Gasteiger partial charge in [-0.05, 0) is 81.8 Å². The van der Waals surface area contributed by atoms with Crippen molar-refractivity contribution in [2.45, 2.75) is 52.6 Å². The Morgan fingerprint density at radius 3 is 1.53 bits per heavy atom. The average molecular weight is 441 g/mol. The summed E-state index contributed by atoms with van der Waals surface area (Å²) in [6.45, 7) is 8.08. The molecule has 0 fully saturated rings. The van der Waals surface area contributed by atoms with Crippen LogP contribution in [0.15, 0.2) is 48.5 Å².